The monoisotopic (exact) mass is 432 g/mol. The Bertz CT molecular complexity index is 1000. The molecule has 144 valence electrons. The van der Waals surface area contributed by atoms with Gasteiger partial charge in [-0.15, -0.1) is 16.8 Å². The maximum Gasteiger partial charge on any atom is 0.234 e. The molecule has 3 aromatic rings. The zero-order valence-corrected chi connectivity index (χ0v) is 17.5. The fourth-order valence-corrected chi connectivity index (χ4v) is 3.72. The largest absolute Gasteiger partial charge is 0.324 e. The molecule has 5 nitrogen and oxygen atoms in total. The fraction of sp³-hybridized carbons (Fsp3) is 0.150. The summed E-state index contributed by atoms with van der Waals surface area (Å²) < 4.78 is 1.94. The van der Waals surface area contributed by atoms with Crippen molar-refractivity contribution in [2.45, 2.75) is 18.6 Å². The summed E-state index contributed by atoms with van der Waals surface area (Å²) in [5.41, 5.74) is 2.65. The minimum Gasteiger partial charge on any atom is -0.324 e. The molecule has 0 aliphatic rings. The number of carbonyl (C=O) groups excluding carboxylic acids is 1. The molecule has 2 aromatic carbocycles. The third kappa shape index (κ3) is 4.95. The molecule has 1 aromatic heterocycles. The van der Waals surface area contributed by atoms with Gasteiger partial charge in [0.1, 0.15) is 0 Å². The lowest BCUT2D eigenvalue weighted by Gasteiger charge is -2.09. The Balaban J connectivity index is 1.72. The van der Waals surface area contributed by atoms with Crippen molar-refractivity contribution in [1.82, 2.24) is 14.8 Å². The van der Waals surface area contributed by atoms with Crippen molar-refractivity contribution >= 4 is 46.6 Å². The Morgan fingerprint density at radius 2 is 1.96 bits per heavy atom. The summed E-state index contributed by atoms with van der Waals surface area (Å²) in [5, 5.41) is 12.9. The first-order valence-electron chi connectivity index (χ1n) is 8.46. The van der Waals surface area contributed by atoms with Gasteiger partial charge in [0.05, 0.1) is 16.5 Å². The lowest BCUT2D eigenvalue weighted by molar-refractivity contribution is -0.113. The van der Waals surface area contributed by atoms with E-state index in [1.807, 2.05) is 35.8 Å². The van der Waals surface area contributed by atoms with Crippen LogP contribution in [0.5, 0.6) is 0 Å². The van der Waals surface area contributed by atoms with Crippen molar-refractivity contribution in [3.8, 4) is 11.4 Å². The Kier molecular flexibility index (Phi) is 6.78. The minimum atomic E-state index is -0.195. The molecule has 0 radical (unpaired) electrons. The number of aromatic nitrogens is 3. The molecule has 3 rings (SSSR count). The van der Waals surface area contributed by atoms with Crippen molar-refractivity contribution in [3.05, 3.63) is 70.7 Å². The van der Waals surface area contributed by atoms with E-state index < -0.39 is 0 Å². The van der Waals surface area contributed by atoms with Gasteiger partial charge in [-0.25, -0.2) is 0 Å². The van der Waals surface area contributed by atoms with Crippen molar-refractivity contribution in [2.24, 2.45) is 0 Å². The Morgan fingerprint density at radius 3 is 2.64 bits per heavy atom. The zero-order chi connectivity index (χ0) is 20.1. The molecule has 0 bridgehead atoms. The predicted molar refractivity (Wildman–Crippen MR) is 116 cm³/mol. The van der Waals surface area contributed by atoms with Crippen LogP contribution in [0.25, 0.3) is 11.4 Å². The highest BCUT2D eigenvalue weighted by molar-refractivity contribution is 7.99. The van der Waals surface area contributed by atoms with Gasteiger partial charge < -0.3 is 5.32 Å². The van der Waals surface area contributed by atoms with E-state index in [-0.39, 0.29) is 11.7 Å². The number of hydrogen-bond acceptors (Lipinski definition) is 4. The summed E-state index contributed by atoms with van der Waals surface area (Å²) in [7, 11) is 0. The van der Waals surface area contributed by atoms with Crippen molar-refractivity contribution in [2.75, 3.05) is 11.1 Å². The summed E-state index contributed by atoms with van der Waals surface area (Å²) in [6.45, 7) is 6.38. The first-order valence-corrected chi connectivity index (χ1v) is 10.2. The van der Waals surface area contributed by atoms with Gasteiger partial charge in [0.25, 0.3) is 0 Å². The number of halogens is 2. The van der Waals surface area contributed by atoms with E-state index in [2.05, 4.69) is 22.1 Å². The van der Waals surface area contributed by atoms with Gasteiger partial charge in [-0.3, -0.25) is 9.36 Å². The van der Waals surface area contributed by atoms with Crippen LogP contribution in [0.2, 0.25) is 10.0 Å². The number of anilines is 1. The van der Waals surface area contributed by atoms with Gasteiger partial charge in [0.15, 0.2) is 11.0 Å². The summed E-state index contributed by atoms with van der Waals surface area (Å²) in [5.74, 6) is 0.713. The van der Waals surface area contributed by atoms with Crippen LogP contribution in [0.4, 0.5) is 5.69 Å². The van der Waals surface area contributed by atoms with E-state index in [0.29, 0.717) is 27.4 Å². The van der Waals surface area contributed by atoms with Gasteiger partial charge in [0, 0.05) is 17.1 Å². The highest BCUT2D eigenvalue weighted by Gasteiger charge is 2.15. The van der Waals surface area contributed by atoms with Crippen LogP contribution in [0.3, 0.4) is 0 Å². The molecule has 0 saturated carbocycles. The molecule has 0 unspecified atom stereocenters. The average molecular weight is 433 g/mol. The van der Waals surface area contributed by atoms with E-state index in [9.17, 15) is 4.79 Å². The molecule has 1 heterocycles. The molecule has 1 N–H and O–H groups in total. The van der Waals surface area contributed by atoms with E-state index in [1.165, 1.54) is 17.3 Å². The highest BCUT2D eigenvalue weighted by Crippen LogP contribution is 2.27. The molecule has 0 atom stereocenters. The van der Waals surface area contributed by atoms with Gasteiger partial charge in [0.2, 0.25) is 5.91 Å². The number of nitrogens with zero attached hydrogens (tertiary/aromatic N) is 3. The first-order chi connectivity index (χ1) is 13.5. The third-order valence-electron chi connectivity index (χ3n) is 3.88. The number of allylic oxidation sites excluding steroid dienone is 1. The Labute approximate surface area is 177 Å². The van der Waals surface area contributed by atoms with E-state index in [4.69, 9.17) is 23.2 Å². The molecule has 28 heavy (non-hydrogen) atoms. The standard InChI is InChI=1S/C20H18Cl2N4OS/c1-3-10-26-19(14-6-4-13(2)5-7-14)24-25-20(26)28-12-18(27)23-17-9-8-15(21)11-16(17)22/h3-9,11H,1,10,12H2,2H3,(H,23,27). The predicted octanol–water partition coefficient (Wildman–Crippen LogP) is 5.48. The number of thioether (sulfide) groups is 1. The van der Waals surface area contributed by atoms with E-state index in [1.54, 1.807) is 24.3 Å². The number of carbonyl (C=O) groups is 1. The quantitative estimate of drug-likeness (QED) is 0.396. The maximum atomic E-state index is 12.3. The minimum absolute atomic E-state index is 0.169. The highest BCUT2D eigenvalue weighted by atomic mass is 35.5. The van der Waals surface area contributed by atoms with Gasteiger partial charge >= 0.3 is 0 Å². The molecule has 8 heteroatoms. The van der Waals surface area contributed by atoms with Crippen LogP contribution in [-0.4, -0.2) is 26.4 Å². The second kappa shape index (κ2) is 9.28. The number of benzene rings is 2. The van der Waals surface area contributed by atoms with Crippen LogP contribution in [0.15, 0.2) is 60.3 Å². The molecule has 0 saturated heterocycles. The van der Waals surface area contributed by atoms with Crippen LogP contribution in [0, 0.1) is 6.92 Å². The van der Waals surface area contributed by atoms with Crippen LogP contribution in [0.1, 0.15) is 5.56 Å². The van der Waals surface area contributed by atoms with Gasteiger partial charge in [-0.05, 0) is 25.1 Å². The van der Waals surface area contributed by atoms with Gasteiger partial charge in [-0.1, -0.05) is 70.9 Å². The third-order valence-corrected chi connectivity index (χ3v) is 5.39. The number of nitrogens with one attached hydrogen (secondary N) is 1. The molecular weight excluding hydrogens is 415 g/mol. The molecule has 0 fully saturated rings. The summed E-state index contributed by atoms with van der Waals surface area (Å²) >= 11 is 13.3. The topological polar surface area (TPSA) is 59.8 Å². The molecular formula is C20H18Cl2N4OS. The first kappa shape index (κ1) is 20.5. The van der Waals surface area contributed by atoms with Crippen molar-refractivity contribution in [1.29, 1.82) is 0 Å². The van der Waals surface area contributed by atoms with Crippen LogP contribution >= 0.6 is 35.0 Å². The Hall–Kier alpha value is -2.28. The molecule has 0 aliphatic heterocycles. The molecule has 0 aliphatic carbocycles. The van der Waals surface area contributed by atoms with Crippen molar-refractivity contribution < 1.29 is 4.79 Å². The SMILES string of the molecule is C=CCn1c(SCC(=O)Nc2ccc(Cl)cc2Cl)nnc1-c1ccc(C)cc1. The molecule has 1 amide bonds. The summed E-state index contributed by atoms with van der Waals surface area (Å²) in [4.78, 5) is 12.3. The lowest BCUT2D eigenvalue weighted by Crippen LogP contribution is -2.15. The number of aryl methyl sites for hydroxylation is 1. The normalized spacial score (nSPS) is 10.7. The second-order valence-electron chi connectivity index (χ2n) is 6.03. The van der Waals surface area contributed by atoms with Crippen molar-refractivity contribution in [3.63, 3.8) is 0 Å². The fourth-order valence-electron chi connectivity index (χ4n) is 2.51. The van der Waals surface area contributed by atoms with Gasteiger partial charge in [-0.2, -0.15) is 0 Å². The second-order valence-corrected chi connectivity index (χ2v) is 7.82. The summed E-state index contributed by atoms with van der Waals surface area (Å²) in [6, 6.07) is 13.0. The number of amides is 1. The molecule has 0 spiro atoms. The van der Waals surface area contributed by atoms with E-state index >= 15 is 0 Å². The van der Waals surface area contributed by atoms with E-state index in [0.717, 1.165) is 11.4 Å². The zero-order valence-electron chi connectivity index (χ0n) is 15.2. The number of rotatable bonds is 7. The van der Waals surface area contributed by atoms with Crippen LogP contribution < -0.4 is 5.32 Å². The average Bonchev–Trinajstić information content (AvgIpc) is 3.06. The van der Waals surface area contributed by atoms with Crippen LogP contribution in [-0.2, 0) is 11.3 Å². The Morgan fingerprint density at radius 1 is 1.21 bits per heavy atom. The maximum absolute atomic E-state index is 12.3. The number of hydrogen-bond donors (Lipinski definition) is 1. The lowest BCUT2D eigenvalue weighted by atomic mass is 10.1. The summed E-state index contributed by atoms with van der Waals surface area (Å²) in [6.07, 6.45) is 1.78. The smallest absolute Gasteiger partial charge is 0.234 e.